The van der Waals surface area contributed by atoms with Crippen LogP contribution < -0.4 is 13.9 Å². The normalized spacial score (nSPS) is 16.0. The second-order valence-electron chi connectivity index (χ2n) is 26.4. The summed E-state index contributed by atoms with van der Waals surface area (Å²) in [5, 5.41) is 1.80. The summed E-state index contributed by atoms with van der Waals surface area (Å²) in [5.74, 6) is 1.18. The molecule has 2 aromatic heterocycles. The molecule has 8 aromatic carbocycles. The molecular formula is C75H74N4OPt+2. The number of rotatable bonds is 8. The molecule has 0 saturated heterocycles. The van der Waals surface area contributed by atoms with Gasteiger partial charge in [0.25, 0.3) is 11.4 Å². The maximum Gasteiger partial charge on any atom is 2.00 e. The Morgan fingerprint density at radius 3 is 1.91 bits per heavy atom. The van der Waals surface area contributed by atoms with Crippen LogP contribution in [-0.4, -0.2) is 15.6 Å². The first-order valence-corrected chi connectivity index (χ1v) is 28.1. The van der Waals surface area contributed by atoms with Crippen LogP contribution in [0.5, 0.6) is 11.5 Å². The third-order valence-electron chi connectivity index (χ3n) is 16.6. The van der Waals surface area contributed by atoms with Crippen LogP contribution in [0.3, 0.4) is 0 Å². The van der Waals surface area contributed by atoms with E-state index in [1.54, 1.807) is 6.07 Å². The fourth-order valence-corrected chi connectivity index (χ4v) is 11.6. The van der Waals surface area contributed by atoms with E-state index in [4.69, 9.17) is 13.8 Å². The Morgan fingerprint density at radius 2 is 1.21 bits per heavy atom. The molecule has 0 atom stereocenters. The largest absolute Gasteiger partial charge is 2.00 e. The minimum atomic E-state index is -2.68. The number of ether oxygens (including phenoxy) is 1. The zero-order valence-electron chi connectivity index (χ0n) is 54.9. The molecule has 0 amide bonds. The Hall–Kier alpha value is -7.42. The van der Waals surface area contributed by atoms with Gasteiger partial charge in [0.15, 0.2) is 0 Å². The molecule has 0 spiro atoms. The van der Waals surface area contributed by atoms with Gasteiger partial charge in [-0.05, 0) is 131 Å². The van der Waals surface area contributed by atoms with Crippen molar-refractivity contribution in [1.82, 2.24) is 18.7 Å². The van der Waals surface area contributed by atoms with Gasteiger partial charge in [0.05, 0.1) is 15.2 Å². The number of pyridine rings is 1. The van der Waals surface area contributed by atoms with Crippen LogP contribution in [0.25, 0.3) is 61.0 Å². The first-order valence-electron chi connectivity index (χ1n) is 31.1. The van der Waals surface area contributed by atoms with Crippen LogP contribution in [0.4, 0.5) is 22.7 Å². The van der Waals surface area contributed by atoms with E-state index in [0.717, 1.165) is 74.0 Å². The van der Waals surface area contributed by atoms with Crippen molar-refractivity contribution in [2.75, 3.05) is 0 Å². The quantitative estimate of drug-likeness (QED) is 0.112. The molecule has 0 fully saturated rings. The van der Waals surface area contributed by atoms with Gasteiger partial charge < -0.3 is 9.30 Å². The average Bonchev–Trinajstić information content (AvgIpc) is 1.62. The third-order valence-corrected chi connectivity index (χ3v) is 16.6. The van der Waals surface area contributed by atoms with E-state index in [1.165, 1.54) is 17.3 Å². The molecule has 5 nitrogen and oxygen atoms in total. The van der Waals surface area contributed by atoms with Crippen LogP contribution in [-0.2, 0) is 48.1 Å². The fraction of sp³-hybridized carbons (Fsp3) is 0.280. The third kappa shape index (κ3) is 10.2. The number of para-hydroxylation sites is 3. The number of aryl methyl sites for hydroxylation is 1. The first-order chi connectivity index (χ1) is 40.4. The number of nitrogens with zero attached hydrogens (tertiary/aromatic N) is 4. The smallest absolute Gasteiger partial charge is 0.509 e. The van der Waals surface area contributed by atoms with E-state index in [-0.39, 0.29) is 72.1 Å². The van der Waals surface area contributed by atoms with Crippen molar-refractivity contribution in [2.45, 2.75) is 137 Å². The molecular weight excluding hydrogens is 1170 g/mol. The Kier molecular flexibility index (Phi) is 12.1. The molecule has 1 aliphatic heterocycles. The van der Waals surface area contributed by atoms with Gasteiger partial charge >= 0.3 is 27.1 Å². The van der Waals surface area contributed by atoms with Crippen molar-refractivity contribution in [1.29, 1.82) is 0 Å². The molecule has 0 bridgehead atoms. The monoisotopic (exact) mass is 1250 g/mol. The van der Waals surface area contributed by atoms with Gasteiger partial charge in [0, 0.05) is 45.0 Å². The first kappa shape index (κ1) is 48.3. The Bertz CT molecular complexity index is 4500. The molecule has 0 radical (unpaired) electrons. The summed E-state index contributed by atoms with van der Waals surface area (Å²) >= 11 is 0. The summed E-state index contributed by atoms with van der Waals surface area (Å²) in [6, 6.07) is 61.3. The standard InChI is InChI=1S/C75H74N4O.Pt/c1-48-40-69(76-46-62(48)51-30-36-63-64(42-51)75(13,14)39-38-74(63,11)12)79-65-37-33-54(73(8,9)10)43-61(65)60-35-34-57(45-68(60)79)80-56-23-18-22-55(44-56)77-47-78(67-27-16-15-26-66(67)77)70-58(49-28-31-52(32-29-49)71(2,3)4)24-19-25-59(70)50-20-17-21-53(41-50)72(5,6)7;/h15-37,40-43,46H,38-39H2,1-14H3;/q;+2/i1D3,30D,36D,42D;. The molecule has 0 N–H and O–H groups in total. The average molecular weight is 1250 g/mol. The van der Waals surface area contributed by atoms with Crippen molar-refractivity contribution in [3.63, 3.8) is 0 Å². The predicted octanol–water partition coefficient (Wildman–Crippen LogP) is 20.0. The number of hydrogen-bond acceptors (Lipinski definition) is 2. The summed E-state index contributed by atoms with van der Waals surface area (Å²) in [6.45, 7) is 25.6. The molecule has 0 unspecified atom stereocenters. The molecule has 1 aliphatic carbocycles. The molecule has 3 heterocycles. The van der Waals surface area contributed by atoms with Gasteiger partial charge in [-0.3, -0.25) is 0 Å². The zero-order chi connectivity index (χ0) is 61.4. The van der Waals surface area contributed by atoms with Crippen LogP contribution >= 0.6 is 0 Å². The maximum atomic E-state index is 9.73. The van der Waals surface area contributed by atoms with Crippen LogP contribution in [0.1, 0.15) is 144 Å². The summed E-state index contributed by atoms with van der Waals surface area (Å²) in [5.41, 5.74) is 13.5. The van der Waals surface area contributed by atoms with Crippen molar-refractivity contribution < 1.29 is 34.0 Å². The van der Waals surface area contributed by atoms with E-state index >= 15 is 0 Å². The molecule has 2 aliphatic rings. The Balaban J connectivity index is 0.00000784. The van der Waals surface area contributed by atoms with Gasteiger partial charge in [-0.2, -0.15) is 12.1 Å². The molecule has 408 valence electrons. The topological polar surface area (TPSA) is 33.1 Å². The minimum absolute atomic E-state index is 0. The van der Waals surface area contributed by atoms with E-state index < -0.39 is 17.7 Å². The number of hydrogen-bond donors (Lipinski definition) is 0. The van der Waals surface area contributed by atoms with Crippen LogP contribution in [0.15, 0.2) is 170 Å². The Morgan fingerprint density at radius 1 is 0.580 bits per heavy atom. The van der Waals surface area contributed by atoms with Crippen molar-refractivity contribution in [3.8, 4) is 50.7 Å². The summed E-state index contributed by atoms with van der Waals surface area (Å²) < 4.78 is 68.4. The summed E-state index contributed by atoms with van der Waals surface area (Å²) in [4.78, 5) is 5.02. The SMILES string of the molecule is [2H]c1c([2H])c2c(c([2H])c1-c1cnc(-n3c4[c-]c(Oc5[c-]c([N+]6=C=[N+](c7c(-c8ccc(C(C)(C)C)cc8)cccc7-c7cccc(C(C)(C)C)c7)c7ccccc76)ccc5)ccc4c4cc(C(C)(C)C)ccc43)cc1C([2H])([2H])[2H])C(C)(C)CCC2(C)C.[Pt+2]. The van der Waals surface area contributed by atoms with E-state index in [2.05, 4.69) is 210 Å². The van der Waals surface area contributed by atoms with Gasteiger partial charge in [-0.1, -0.05) is 209 Å². The number of benzene rings is 8. The van der Waals surface area contributed by atoms with Crippen molar-refractivity contribution >= 4 is 50.6 Å². The van der Waals surface area contributed by atoms with Gasteiger partial charge in [-0.15, -0.1) is 23.6 Å². The predicted molar refractivity (Wildman–Crippen MR) is 336 cm³/mol. The van der Waals surface area contributed by atoms with Crippen molar-refractivity contribution in [2.24, 2.45) is 0 Å². The molecule has 0 saturated carbocycles. The van der Waals surface area contributed by atoms with Crippen LogP contribution in [0, 0.1) is 19.0 Å². The molecule has 10 aromatic rings. The zero-order valence-corrected chi connectivity index (χ0v) is 51.1. The Labute approximate surface area is 503 Å². The number of fused-ring (bicyclic) bond motifs is 5. The molecule has 12 rings (SSSR count). The van der Waals surface area contributed by atoms with Crippen molar-refractivity contribution in [3.05, 3.63) is 215 Å². The van der Waals surface area contributed by atoms with Crippen LogP contribution in [0.2, 0.25) is 0 Å². The summed E-state index contributed by atoms with van der Waals surface area (Å²) in [7, 11) is 0. The van der Waals surface area contributed by atoms with Gasteiger partial charge in [-0.25, -0.2) is 4.98 Å². The molecule has 81 heavy (non-hydrogen) atoms. The minimum Gasteiger partial charge on any atom is -0.509 e. The summed E-state index contributed by atoms with van der Waals surface area (Å²) in [6.07, 6.45) is 3.08. The van der Waals surface area contributed by atoms with Gasteiger partial charge in [0.2, 0.25) is 5.69 Å². The fourth-order valence-electron chi connectivity index (χ4n) is 11.6. The van der Waals surface area contributed by atoms with Gasteiger partial charge in [0.1, 0.15) is 11.5 Å². The van der Waals surface area contributed by atoms with E-state index in [0.29, 0.717) is 39.6 Å². The second kappa shape index (κ2) is 20.2. The maximum absolute atomic E-state index is 9.73. The number of aromatic nitrogens is 2. The molecule has 6 heteroatoms. The second-order valence-corrected chi connectivity index (χ2v) is 26.4. The van der Waals surface area contributed by atoms with E-state index in [9.17, 15) is 4.11 Å². The van der Waals surface area contributed by atoms with E-state index in [1.807, 2.05) is 51.6 Å².